The van der Waals surface area contributed by atoms with Crippen LogP contribution < -0.4 is 5.32 Å². The molecule has 4 nitrogen and oxygen atoms in total. The Morgan fingerprint density at radius 3 is 2.69 bits per heavy atom. The summed E-state index contributed by atoms with van der Waals surface area (Å²) in [6.45, 7) is 0.881. The van der Waals surface area contributed by atoms with Gasteiger partial charge in [-0.1, -0.05) is 30.7 Å². The van der Waals surface area contributed by atoms with E-state index in [0.29, 0.717) is 12.6 Å². The van der Waals surface area contributed by atoms with Crippen molar-refractivity contribution in [3.63, 3.8) is 0 Å². The number of nitrogens with one attached hydrogen (secondary N) is 1. The molecule has 154 valence electrons. The van der Waals surface area contributed by atoms with E-state index in [9.17, 15) is 18.0 Å². The van der Waals surface area contributed by atoms with Crippen molar-refractivity contribution < 1.29 is 22.4 Å². The summed E-state index contributed by atoms with van der Waals surface area (Å²) < 4.78 is 43.6. The van der Waals surface area contributed by atoms with E-state index >= 15 is 0 Å². The van der Waals surface area contributed by atoms with Crippen LogP contribution >= 0.6 is 0 Å². The molecule has 7 heteroatoms. The van der Waals surface area contributed by atoms with Crippen LogP contribution in [0, 0.1) is 11.8 Å². The predicted octanol–water partition coefficient (Wildman–Crippen LogP) is 4.21. The molecule has 0 unspecified atom stereocenters. The predicted molar refractivity (Wildman–Crippen MR) is 103 cm³/mol. The lowest BCUT2D eigenvalue weighted by Crippen LogP contribution is -2.41. The van der Waals surface area contributed by atoms with Crippen LogP contribution in [0.15, 0.2) is 47.1 Å². The molecule has 0 saturated heterocycles. The van der Waals surface area contributed by atoms with Gasteiger partial charge in [-0.2, -0.15) is 13.2 Å². The third-order valence-electron chi connectivity index (χ3n) is 4.92. The largest absolute Gasteiger partial charge is 0.468 e. The van der Waals surface area contributed by atoms with Crippen LogP contribution in [0.3, 0.4) is 0 Å². The lowest BCUT2D eigenvalue weighted by Gasteiger charge is -2.27. The maximum atomic E-state index is 12.7. The van der Waals surface area contributed by atoms with E-state index in [1.54, 1.807) is 6.26 Å². The average molecular weight is 404 g/mol. The van der Waals surface area contributed by atoms with Crippen molar-refractivity contribution in [2.45, 2.75) is 44.4 Å². The van der Waals surface area contributed by atoms with E-state index in [1.807, 2.05) is 12.1 Å². The number of carbonyl (C=O) groups is 1. The molecule has 0 radical (unpaired) electrons. The van der Waals surface area contributed by atoms with Crippen LogP contribution in [0.5, 0.6) is 0 Å². The van der Waals surface area contributed by atoms with Crippen molar-refractivity contribution in [2.24, 2.45) is 0 Å². The maximum Gasteiger partial charge on any atom is 0.416 e. The molecule has 1 N–H and O–H groups in total. The second-order valence-corrected chi connectivity index (χ2v) is 7.08. The molecule has 1 saturated carbocycles. The smallest absolute Gasteiger partial charge is 0.416 e. The lowest BCUT2D eigenvalue weighted by atomic mass is 10.1. The van der Waals surface area contributed by atoms with Crippen molar-refractivity contribution in [2.75, 3.05) is 13.1 Å². The van der Waals surface area contributed by atoms with Gasteiger partial charge in [-0.15, -0.1) is 0 Å². The maximum absolute atomic E-state index is 12.7. The van der Waals surface area contributed by atoms with Crippen molar-refractivity contribution in [1.82, 2.24) is 10.2 Å². The topological polar surface area (TPSA) is 45.5 Å². The van der Waals surface area contributed by atoms with Gasteiger partial charge < -0.3 is 9.73 Å². The molecule has 1 aromatic carbocycles. The van der Waals surface area contributed by atoms with Gasteiger partial charge in [-0.25, -0.2) is 0 Å². The summed E-state index contributed by atoms with van der Waals surface area (Å²) >= 11 is 0. The molecule has 0 atom stereocenters. The van der Waals surface area contributed by atoms with Crippen LogP contribution in [0.1, 0.15) is 42.6 Å². The van der Waals surface area contributed by atoms with Gasteiger partial charge in [0.2, 0.25) is 5.91 Å². The summed E-state index contributed by atoms with van der Waals surface area (Å²) in [4.78, 5) is 14.4. The summed E-state index contributed by atoms with van der Waals surface area (Å²) in [6, 6.07) is 8.90. The first-order valence-electron chi connectivity index (χ1n) is 9.61. The van der Waals surface area contributed by atoms with Gasteiger partial charge in [0.05, 0.1) is 31.5 Å². The van der Waals surface area contributed by atoms with E-state index in [2.05, 4.69) is 22.1 Å². The Labute approximate surface area is 168 Å². The molecule has 1 amide bonds. The minimum absolute atomic E-state index is 0.0777. The SMILES string of the molecule is O=C(CN(Cc1ccco1)C1CCCC1)NCC#Cc1cccc(C(F)(F)F)c1. The number of benzene rings is 1. The Morgan fingerprint density at radius 1 is 1.21 bits per heavy atom. The molecule has 1 heterocycles. The molecule has 0 spiro atoms. The molecule has 0 bridgehead atoms. The second-order valence-electron chi connectivity index (χ2n) is 7.08. The van der Waals surface area contributed by atoms with E-state index in [0.717, 1.165) is 43.6 Å². The van der Waals surface area contributed by atoms with Crippen molar-refractivity contribution in [3.8, 4) is 11.8 Å². The van der Waals surface area contributed by atoms with Crippen LogP contribution in [0.4, 0.5) is 13.2 Å². The summed E-state index contributed by atoms with van der Waals surface area (Å²) in [5.74, 6) is 6.03. The van der Waals surface area contributed by atoms with Gasteiger partial charge in [0, 0.05) is 11.6 Å². The van der Waals surface area contributed by atoms with Gasteiger partial charge in [0.1, 0.15) is 5.76 Å². The van der Waals surface area contributed by atoms with Crippen LogP contribution in [0.2, 0.25) is 0 Å². The van der Waals surface area contributed by atoms with Crippen molar-refractivity contribution in [1.29, 1.82) is 0 Å². The Morgan fingerprint density at radius 2 is 2.00 bits per heavy atom. The lowest BCUT2D eigenvalue weighted by molar-refractivity contribution is -0.137. The molecule has 0 aliphatic heterocycles. The Bertz CT molecular complexity index is 860. The Balaban J connectivity index is 1.53. The fourth-order valence-electron chi connectivity index (χ4n) is 3.49. The van der Waals surface area contributed by atoms with Crippen molar-refractivity contribution >= 4 is 5.91 Å². The minimum Gasteiger partial charge on any atom is -0.468 e. The fourth-order valence-corrected chi connectivity index (χ4v) is 3.49. The number of alkyl halides is 3. The number of carbonyl (C=O) groups excluding carboxylic acids is 1. The average Bonchev–Trinajstić information content (AvgIpc) is 3.38. The van der Waals surface area contributed by atoms with Gasteiger partial charge >= 0.3 is 6.18 Å². The summed E-state index contributed by atoms with van der Waals surface area (Å²) in [5.41, 5.74) is -0.474. The summed E-state index contributed by atoms with van der Waals surface area (Å²) in [5, 5.41) is 2.72. The number of hydrogen-bond acceptors (Lipinski definition) is 3. The Kier molecular flexibility index (Phi) is 6.99. The molecule has 29 heavy (non-hydrogen) atoms. The zero-order valence-corrected chi connectivity index (χ0v) is 16.0. The highest BCUT2D eigenvalue weighted by Crippen LogP contribution is 2.29. The molecule has 1 aromatic heterocycles. The van der Waals surface area contributed by atoms with Gasteiger partial charge in [0.25, 0.3) is 0 Å². The molecular weight excluding hydrogens is 381 g/mol. The number of nitrogens with zero attached hydrogens (tertiary/aromatic N) is 1. The first-order chi connectivity index (χ1) is 13.9. The van der Waals surface area contributed by atoms with Crippen molar-refractivity contribution in [3.05, 3.63) is 59.5 Å². The van der Waals surface area contributed by atoms with Gasteiger partial charge in [-0.3, -0.25) is 9.69 Å². The third-order valence-corrected chi connectivity index (χ3v) is 4.92. The van der Waals surface area contributed by atoms with Crippen LogP contribution in [-0.4, -0.2) is 29.9 Å². The van der Waals surface area contributed by atoms with Crippen LogP contribution in [0.25, 0.3) is 0 Å². The van der Waals surface area contributed by atoms with Gasteiger partial charge in [0.15, 0.2) is 0 Å². The molecule has 1 aliphatic rings. The monoisotopic (exact) mass is 404 g/mol. The highest BCUT2D eigenvalue weighted by Gasteiger charge is 2.30. The first-order valence-corrected chi connectivity index (χ1v) is 9.61. The van der Waals surface area contributed by atoms with E-state index < -0.39 is 11.7 Å². The number of hydrogen-bond donors (Lipinski definition) is 1. The summed E-state index contributed by atoms with van der Waals surface area (Å²) in [6.07, 6.45) is 1.65. The number of furan rings is 1. The Hall–Kier alpha value is -2.72. The molecule has 3 rings (SSSR count). The molecule has 2 aromatic rings. The van der Waals surface area contributed by atoms with E-state index in [1.165, 1.54) is 12.1 Å². The second kappa shape index (κ2) is 9.66. The fraction of sp³-hybridized carbons (Fsp3) is 0.409. The highest BCUT2D eigenvalue weighted by atomic mass is 19.4. The molecule has 1 aliphatic carbocycles. The summed E-state index contributed by atoms with van der Waals surface area (Å²) in [7, 11) is 0. The van der Waals surface area contributed by atoms with Gasteiger partial charge in [-0.05, 0) is 43.2 Å². The highest BCUT2D eigenvalue weighted by molar-refractivity contribution is 5.78. The van der Waals surface area contributed by atoms with E-state index in [4.69, 9.17) is 4.42 Å². The minimum atomic E-state index is -4.40. The number of amides is 1. The number of rotatable bonds is 6. The standard InChI is InChI=1S/C22H23F3N2O2/c23-22(24,25)18-8-3-6-17(14-18)7-4-12-26-21(28)16-27(19-9-1-2-10-19)15-20-11-5-13-29-20/h3,5-6,8,11,13-14,19H,1-2,9-10,12,15-16H2,(H,26,28). The first kappa shape index (κ1) is 21.0. The number of halogens is 3. The zero-order valence-electron chi connectivity index (χ0n) is 16.0. The van der Waals surface area contributed by atoms with Crippen LogP contribution in [-0.2, 0) is 17.5 Å². The van der Waals surface area contributed by atoms with E-state index in [-0.39, 0.29) is 24.6 Å². The zero-order chi connectivity index (χ0) is 20.7. The quantitative estimate of drug-likeness (QED) is 0.734. The molecule has 1 fully saturated rings. The molecular formula is C22H23F3N2O2. The normalized spacial score (nSPS) is 14.6. The third kappa shape index (κ3) is 6.40.